The fourth-order valence-electron chi connectivity index (χ4n) is 3.62. The lowest BCUT2D eigenvalue weighted by Gasteiger charge is -2.38. The number of ether oxygens (including phenoxy) is 1. The van der Waals surface area contributed by atoms with Crippen molar-refractivity contribution in [3.05, 3.63) is 65.7 Å². The molecule has 28 heavy (non-hydrogen) atoms. The molecule has 0 radical (unpaired) electrons. The number of aryl methyl sites for hydroxylation is 1. The van der Waals surface area contributed by atoms with Gasteiger partial charge in [0, 0.05) is 39.1 Å². The van der Waals surface area contributed by atoms with Crippen LogP contribution in [-0.4, -0.2) is 62.6 Å². The van der Waals surface area contributed by atoms with Crippen molar-refractivity contribution in [1.29, 1.82) is 0 Å². The molecule has 1 aliphatic heterocycles. The number of rotatable bonds is 8. The van der Waals surface area contributed by atoms with E-state index < -0.39 is 0 Å². The maximum Gasteiger partial charge on any atom is 0.220 e. The van der Waals surface area contributed by atoms with E-state index in [4.69, 9.17) is 4.74 Å². The number of nitrogens with zero attached hydrogens (tertiary/aromatic N) is 2. The zero-order valence-corrected chi connectivity index (χ0v) is 16.9. The minimum absolute atomic E-state index is 0.108. The van der Waals surface area contributed by atoms with E-state index in [0.29, 0.717) is 13.0 Å². The lowest BCUT2D eigenvalue weighted by Crippen LogP contribution is -2.48. The van der Waals surface area contributed by atoms with Crippen LogP contribution in [0.5, 0.6) is 5.75 Å². The molecule has 1 fully saturated rings. The second-order valence-electron chi connectivity index (χ2n) is 7.42. The second-order valence-corrected chi connectivity index (χ2v) is 7.42. The van der Waals surface area contributed by atoms with E-state index >= 15 is 0 Å². The predicted octanol–water partition coefficient (Wildman–Crippen LogP) is 2.73. The molecule has 1 saturated heterocycles. The van der Waals surface area contributed by atoms with Crippen LogP contribution < -0.4 is 10.1 Å². The Bertz CT molecular complexity index is 725. The van der Waals surface area contributed by atoms with Crippen molar-refractivity contribution in [2.45, 2.75) is 18.9 Å². The molecule has 1 amide bonds. The van der Waals surface area contributed by atoms with Gasteiger partial charge in [-0.1, -0.05) is 42.5 Å². The SMILES string of the molecule is COc1ccc(C(CNC(=O)CCc2ccccc2)N2CCN(C)CC2)cc1. The maximum atomic E-state index is 12.4. The number of piperazine rings is 1. The summed E-state index contributed by atoms with van der Waals surface area (Å²) in [7, 11) is 3.84. The number of methoxy groups -OCH3 is 1. The standard InChI is InChI=1S/C23H31N3O2/c1-25-14-16-26(17-15-25)22(20-9-11-21(28-2)12-10-20)18-24-23(27)13-8-19-6-4-3-5-7-19/h3-7,9-12,22H,8,13-18H2,1-2H3,(H,24,27). The summed E-state index contributed by atoms with van der Waals surface area (Å²) in [6.45, 7) is 4.74. The molecule has 1 N–H and O–H groups in total. The predicted molar refractivity (Wildman–Crippen MR) is 113 cm³/mol. The first-order valence-corrected chi connectivity index (χ1v) is 10.0. The molecule has 0 aliphatic carbocycles. The van der Waals surface area contributed by atoms with Crippen LogP contribution in [-0.2, 0) is 11.2 Å². The highest BCUT2D eigenvalue weighted by atomic mass is 16.5. The lowest BCUT2D eigenvalue weighted by molar-refractivity contribution is -0.121. The smallest absolute Gasteiger partial charge is 0.220 e. The van der Waals surface area contributed by atoms with Crippen LogP contribution in [0.15, 0.2) is 54.6 Å². The molecule has 1 heterocycles. The highest BCUT2D eigenvalue weighted by Crippen LogP contribution is 2.24. The maximum absolute atomic E-state index is 12.4. The topological polar surface area (TPSA) is 44.8 Å². The van der Waals surface area contributed by atoms with Gasteiger partial charge in [-0.2, -0.15) is 0 Å². The molecule has 0 spiro atoms. The molecule has 0 bridgehead atoms. The molecule has 0 aromatic heterocycles. The third-order valence-electron chi connectivity index (χ3n) is 5.46. The Balaban J connectivity index is 1.60. The Morgan fingerprint density at radius 3 is 2.36 bits per heavy atom. The number of amides is 1. The molecule has 150 valence electrons. The van der Waals surface area contributed by atoms with Crippen LogP contribution in [0.1, 0.15) is 23.6 Å². The molecule has 1 aliphatic rings. The van der Waals surface area contributed by atoms with Crippen molar-refractivity contribution in [2.75, 3.05) is 46.9 Å². The van der Waals surface area contributed by atoms with Gasteiger partial charge in [-0.05, 0) is 36.7 Å². The third kappa shape index (κ3) is 5.81. The summed E-state index contributed by atoms with van der Waals surface area (Å²) in [5.74, 6) is 0.962. The van der Waals surface area contributed by atoms with E-state index in [1.54, 1.807) is 7.11 Å². The van der Waals surface area contributed by atoms with Gasteiger partial charge < -0.3 is 15.0 Å². The van der Waals surface area contributed by atoms with Crippen LogP contribution in [0.3, 0.4) is 0 Å². The van der Waals surface area contributed by atoms with Crippen LogP contribution in [0.4, 0.5) is 0 Å². The highest BCUT2D eigenvalue weighted by molar-refractivity contribution is 5.76. The summed E-state index contributed by atoms with van der Waals surface area (Å²) in [5, 5.41) is 3.16. The molecular weight excluding hydrogens is 350 g/mol. The Hall–Kier alpha value is -2.37. The van der Waals surface area contributed by atoms with Gasteiger partial charge in [-0.15, -0.1) is 0 Å². The van der Waals surface area contributed by atoms with Gasteiger partial charge in [0.1, 0.15) is 5.75 Å². The van der Waals surface area contributed by atoms with Crippen molar-refractivity contribution >= 4 is 5.91 Å². The van der Waals surface area contributed by atoms with Crippen molar-refractivity contribution in [1.82, 2.24) is 15.1 Å². The number of hydrogen-bond donors (Lipinski definition) is 1. The zero-order chi connectivity index (χ0) is 19.8. The molecule has 5 nitrogen and oxygen atoms in total. The van der Waals surface area contributed by atoms with E-state index in [1.165, 1.54) is 11.1 Å². The Labute approximate surface area is 168 Å². The van der Waals surface area contributed by atoms with Gasteiger partial charge in [0.25, 0.3) is 0 Å². The fraction of sp³-hybridized carbons (Fsp3) is 0.435. The minimum atomic E-state index is 0.108. The molecule has 0 saturated carbocycles. The van der Waals surface area contributed by atoms with Gasteiger partial charge in [-0.25, -0.2) is 0 Å². The minimum Gasteiger partial charge on any atom is -0.497 e. The van der Waals surface area contributed by atoms with Gasteiger partial charge in [0.15, 0.2) is 0 Å². The highest BCUT2D eigenvalue weighted by Gasteiger charge is 2.24. The third-order valence-corrected chi connectivity index (χ3v) is 5.46. The number of carbonyl (C=O) groups excluding carboxylic acids is 1. The Morgan fingerprint density at radius 2 is 1.71 bits per heavy atom. The van der Waals surface area contributed by atoms with E-state index in [-0.39, 0.29) is 11.9 Å². The average Bonchev–Trinajstić information content (AvgIpc) is 2.75. The zero-order valence-electron chi connectivity index (χ0n) is 16.9. The molecule has 3 rings (SSSR count). The number of hydrogen-bond acceptors (Lipinski definition) is 4. The largest absolute Gasteiger partial charge is 0.497 e. The van der Waals surface area contributed by atoms with Gasteiger partial charge in [0.2, 0.25) is 5.91 Å². The number of carbonyl (C=O) groups is 1. The van der Waals surface area contributed by atoms with Crippen LogP contribution >= 0.6 is 0 Å². The summed E-state index contributed by atoms with van der Waals surface area (Å²) in [6, 6.07) is 18.6. The van der Waals surface area contributed by atoms with E-state index in [2.05, 4.69) is 46.4 Å². The van der Waals surface area contributed by atoms with Gasteiger partial charge >= 0.3 is 0 Å². The van der Waals surface area contributed by atoms with Crippen molar-refractivity contribution in [3.63, 3.8) is 0 Å². The number of benzene rings is 2. The van der Waals surface area contributed by atoms with Crippen molar-refractivity contribution < 1.29 is 9.53 Å². The number of likely N-dealkylation sites (N-methyl/N-ethyl adjacent to an activating group) is 1. The second kappa shape index (κ2) is 10.2. The lowest BCUT2D eigenvalue weighted by atomic mass is 10.0. The summed E-state index contributed by atoms with van der Waals surface area (Å²) in [6.07, 6.45) is 1.29. The molecule has 2 aromatic rings. The first-order valence-electron chi connectivity index (χ1n) is 10.0. The molecule has 2 aromatic carbocycles. The quantitative estimate of drug-likeness (QED) is 0.764. The van der Waals surface area contributed by atoms with E-state index in [1.807, 2.05) is 30.3 Å². The Morgan fingerprint density at radius 1 is 1.04 bits per heavy atom. The Kier molecular flexibility index (Phi) is 7.46. The summed E-state index contributed by atoms with van der Waals surface area (Å²) in [4.78, 5) is 17.2. The fourth-order valence-corrected chi connectivity index (χ4v) is 3.62. The van der Waals surface area contributed by atoms with Crippen LogP contribution in [0.2, 0.25) is 0 Å². The molecular formula is C23H31N3O2. The molecule has 5 heteroatoms. The summed E-state index contributed by atoms with van der Waals surface area (Å²) < 4.78 is 5.29. The first-order chi connectivity index (χ1) is 13.7. The van der Waals surface area contributed by atoms with Crippen molar-refractivity contribution in [2.24, 2.45) is 0 Å². The normalized spacial score (nSPS) is 16.5. The first kappa shape index (κ1) is 20.4. The van der Waals surface area contributed by atoms with Gasteiger partial charge in [0.05, 0.1) is 13.2 Å². The molecule has 1 unspecified atom stereocenters. The monoisotopic (exact) mass is 381 g/mol. The van der Waals surface area contributed by atoms with Crippen LogP contribution in [0, 0.1) is 0 Å². The number of nitrogens with one attached hydrogen (secondary N) is 1. The average molecular weight is 382 g/mol. The van der Waals surface area contributed by atoms with Crippen LogP contribution in [0.25, 0.3) is 0 Å². The van der Waals surface area contributed by atoms with E-state index in [9.17, 15) is 4.79 Å². The summed E-state index contributed by atoms with van der Waals surface area (Å²) >= 11 is 0. The van der Waals surface area contributed by atoms with E-state index in [0.717, 1.165) is 38.3 Å². The van der Waals surface area contributed by atoms with Crippen molar-refractivity contribution in [3.8, 4) is 5.75 Å². The summed E-state index contributed by atoms with van der Waals surface area (Å²) in [5.41, 5.74) is 2.41. The molecule has 1 atom stereocenters. The van der Waals surface area contributed by atoms with Gasteiger partial charge in [-0.3, -0.25) is 9.69 Å².